The molecule has 0 atom stereocenters. The lowest BCUT2D eigenvalue weighted by molar-refractivity contribution is 0.0759. The molecule has 0 saturated carbocycles. The number of benzene rings is 1. The lowest BCUT2D eigenvalue weighted by Gasteiger charge is -2.28. The summed E-state index contributed by atoms with van der Waals surface area (Å²) in [5, 5.41) is 8.18. The quantitative estimate of drug-likeness (QED) is 0.436. The average Bonchev–Trinajstić information content (AvgIpc) is 3.51. The van der Waals surface area contributed by atoms with E-state index in [4.69, 9.17) is 14.7 Å². The lowest BCUT2D eigenvalue weighted by atomic mass is 10.1. The predicted molar refractivity (Wildman–Crippen MR) is 136 cm³/mol. The smallest absolute Gasteiger partial charge is 0.264 e. The number of carbonyl (C=O) groups excluding carboxylic acids is 1. The number of hydrogen-bond acceptors (Lipinski definition) is 8. The molecule has 1 N–H and O–H groups in total. The molecule has 1 amide bonds. The van der Waals surface area contributed by atoms with E-state index in [1.54, 1.807) is 6.20 Å². The fraction of sp³-hybridized carbons (Fsp3) is 0.417. The Morgan fingerprint density at radius 1 is 1.21 bits per heavy atom. The fourth-order valence-electron chi connectivity index (χ4n) is 4.17. The van der Waals surface area contributed by atoms with Crippen LogP contribution in [-0.4, -0.2) is 95.9 Å². The number of fused-ring (bicyclic) bond motifs is 2. The van der Waals surface area contributed by atoms with Gasteiger partial charge in [-0.05, 0) is 33.2 Å². The second-order valence-corrected chi connectivity index (χ2v) is 9.67. The minimum Gasteiger partial charge on any atom is -0.378 e. The minimum atomic E-state index is 0.0405. The van der Waals surface area contributed by atoms with Gasteiger partial charge in [0.05, 0.1) is 40.0 Å². The number of aromatic amines is 1. The first kappa shape index (κ1) is 22.7. The van der Waals surface area contributed by atoms with E-state index in [1.807, 2.05) is 50.2 Å². The molecule has 1 aliphatic heterocycles. The van der Waals surface area contributed by atoms with Crippen LogP contribution in [0, 0.1) is 0 Å². The number of carbonyl (C=O) groups is 1. The van der Waals surface area contributed by atoms with Crippen molar-refractivity contribution in [1.29, 1.82) is 0 Å². The SMILES string of the molecule is CCN(CCN(C)C)C(=O)c1cc2nc(-c3cccc4[nH]ncc34)nc(N3CCOCC3)c2s1. The van der Waals surface area contributed by atoms with E-state index in [2.05, 4.69) is 20.0 Å². The summed E-state index contributed by atoms with van der Waals surface area (Å²) >= 11 is 1.48. The van der Waals surface area contributed by atoms with Crippen molar-refractivity contribution in [2.24, 2.45) is 0 Å². The van der Waals surface area contributed by atoms with Gasteiger partial charge in [0.1, 0.15) is 0 Å². The van der Waals surface area contributed by atoms with Crippen LogP contribution in [0.5, 0.6) is 0 Å². The summed E-state index contributed by atoms with van der Waals surface area (Å²) in [6.45, 7) is 7.01. The Hall–Kier alpha value is -3.08. The number of likely N-dealkylation sites (N-methyl/N-ethyl adjacent to an activating group) is 2. The number of H-pyrrole nitrogens is 1. The van der Waals surface area contributed by atoms with E-state index >= 15 is 0 Å². The summed E-state index contributed by atoms with van der Waals surface area (Å²) in [5.41, 5.74) is 2.65. The van der Waals surface area contributed by atoms with Crippen molar-refractivity contribution in [3.8, 4) is 11.4 Å². The third-order valence-corrected chi connectivity index (χ3v) is 7.20. The maximum Gasteiger partial charge on any atom is 0.264 e. The average molecular weight is 480 g/mol. The van der Waals surface area contributed by atoms with Crippen molar-refractivity contribution >= 4 is 44.2 Å². The molecule has 0 aliphatic carbocycles. The summed E-state index contributed by atoms with van der Waals surface area (Å²) in [6, 6.07) is 7.90. The predicted octanol–water partition coefficient (Wildman–Crippen LogP) is 3.09. The Balaban J connectivity index is 1.60. The van der Waals surface area contributed by atoms with E-state index in [0.29, 0.717) is 37.0 Å². The molecule has 1 saturated heterocycles. The van der Waals surface area contributed by atoms with E-state index in [-0.39, 0.29) is 5.91 Å². The molecule has 0 radical (unpaired) electrons. The zero-order valence-corrected chi connectivity index (χ0v) is 20.6. The maximum absolute atomic E-state index is 13.4. The van der Waals surface area contributed by atoms with Gasteiger partial charge in [0.2, 0.25) is 0 Å². The van der Waals surface area contributed by atoms with Crippen molar-refractivity contribution in [2.75, 3.05) is 64.9 Å². The van der Waals surface area contributed by atoms with Crippen LogP contribution in [0.1, 0.15) is 16.6 Å². The number of nitrogens with one attached hydrogen (secondary N) is 1. The van der Waals surface area contributed by atoms with Gasteiger partial charge in [-0.25, -0.2) is 9.97 Å². The second kappa shape index (κ2) is 9.65. The van der Waals surface area contributed by atoms with Gasteiger partial charge >= 0.3 is 0 Å². The molecule has 1 aromatic carbocycles. The number of aromatic nitrogens is 4. The van der Waals surface area contributed by atoms with Crippen molar-refractivity contribution in [3.63, 3.8) is 0 Å². The highest BCUT2D eigenvalue weighted by Crippen LogP contribution is 2.36. The molecular weight excluding hydrogens is 450 g/mol. The van der Waals surface area contributed by atoms with Gasteiger partial charge in [-0.15, -0.1) is 11.3 Å². The monoisotopic (exact) mass is 479 g/mol. The summed E-state index contributed by atoms with van der Waals surface area (Å²) in [7, 11) is 4.04. The Morgan fingerprint density at radius 2 is 2.03 bits per heavy atom. The summed E-state index contributed by atoms with van der Waals surface area (Å²) < 4.78 is 6.51. The van der Waals surface area contributed by atoms with Crippen LogP contribution < -0.4 is 4.90 Å². The topological polar surface area (TPSA) is 90.5 Å². The third-order valence-electron chi connectivity index (χ3n) is 6.09. The first-order valence-corrected chi connectivity index (χ1v) is 12.4. The molecule has 0 unspecified atom stereocenters. The van der Waals surface area contributed by atoms with Crippen molar-refractivity contribution in [3.05, 3.63) is 35.3 Å². The first-order valence-electron chi connectivity index (χ1n) is 11.6. The van der Waals surface area contributed by atoms with Crippen LogP contribution >= 0.6 is 11.3 Å². The second-order valence-electron chi connectivity index (χ2n) is 8.62. The molecule has 0 spiro atoms. The molecule has 1 fully saturated rings. The number of hydrogen-bond donors (Lipinski definition) is 1. The number of ether oxygens (including phenoxy) is 1. The molecule has 9 nitrogen and oxygen atoms in total. The number of amides is 1. The van der Waals surface area contributed by atoms with Gasteiger partial charge in [0.25, 0.3) is 5.91 Å². The van der Waals surface area contributed by atoms with E-state index in [9.17, 15) is 4.79 Å². The van der Waals surface area contributed by atoms with Gasteiger partial charge < -0.3 is 19.4 Å². The standard InChI is InChI=1S/C24H29N7O2S/c1-4-30(9-8-29(2)3)24(32)20-14-19-21(34-20)23(31-10-12-33-13-11-31)27-22(26-19)16-6-5-7-18-17(16)15-25-28-18/h5-7,14-15H,4,8-13H2,1-3H3,(H,25,28). The highest BCUT2D eigenvalue weighted by Gasteiger charge is 2.24. The molecule has 10 heteroatoms. The Bertz CT molecular complexity index is 1310. The molecule has 4 aromatic rings. The Labute approximate surface area is 202 Å². The Kier molecular flexibility index (Phi) is 6.44. The van der Waals surface area contributed by atoms with Crippen LogP contribution in [0.15, 0.2) is 30.5 Å². The van der Waals surface area contributed by atoms with Crippen LogP contribution in [0.25, 0.3) is 32.5 Å². The highest BCUT2D eigenvalue weighted by atomic mass is 32.1. The molecule has 5 rings (SSSR count). The van der Waals surface area contributed by atoms with E-state index in [0.717, 1.165) is 52.1 Å². The molecule has 0 bridgehead atoms. The zero-order chi connectivity index (χ0) is 23.7. The molecule has 1 aliphatic rings. The normalized spacial score (nSPS) is 14.4. The first-order chi connectivity index (χ1) is 16.5. The largest absolute Gasteiger partial charge is 0.378 e. The minimum absolute atomic E-state index is 0.0405. The molecule has 178 valence electrons. The summed E-state index contributed by atoms with van der Waals surface area (Å²) in [4.78, 5) is 30.2. The van der Waals surface area contributed by atoms with Gasteiger partial charge in [0.15, 0.2) is 11.6 Å². The van der Waals surface area contributed by atoms with Gasteiger partial charge in [-0.3, -0.25) is 9.89 Å². The highest BCUT2D eigenvalue weighted by molar-refractivity contribution is 7.21. The number of nitrogens with zero attached hydrogens (tertiary/aromatic N) is 6. The van der Waals surface area contributed by atoms with E-state index in [1.165, 1.54) is 11.3 Å². The number of rotatable bonds is 7. The number of thiophene rings is 1. The van der Waals surface area contributed by atoms with Gasteiger partial charge in [0, 0.05) is 43.7 Å². The molecule has 3 aromatic heterocycles. The van der Waals surface area contributed by atoms with Crippen molar-refractivity contribution in [2.45, 2.75) is 6.92 Å². The lowest BCUT2D eigenvalue weighted by Crippen LogP contribution is -2.37. The van der Waals surface area contributed by atoms with Crippen LogP contribution in [0.4, 0.5) is 5.82 Å². The number of morpholine rings is 1. The molecule has 4 heterocycles. The molecular formula is C24H29N7O2S. The molecule has 34 heavy (non-hydrogen) atoms. The van der Waals surface area contributed by atoms with Crippen molar-refractivity contribution < 1.29 is 9.53 Å². The summed E-state index contributed by atoms with van der Waals surface area (Å²) in [6.07, 6.45) is 1.80. The van der Waals surface area contributed by atoms with E-state index < -0.39 is 0 Å². The van der Waals surface area contributed by atoms with Gasteiger partial charge in [-0.1, -0.05) is 12.1 Å². The van der Waals surface area contributed by atoms with Gasteiger partial charge in [-0.2, -0.15) is 5.10 Å². The maximum atomic E-state index is 13.4. The van der Waals surface area contributed by atoms with Crippen LogP contribution in [-0.2, 0) is 4.74 Å². The third kappa shape index (κ3) is 4.36. The Morgan fingerprint density at radius 3 is 2.79 bits per heavy atom. The summed E-state index contributed by atoms with van der Waals surface area (Å²) in [5.74, 6) is 1.54. The van der Waals surface area contributed by atoms with Crippen molar-refractivity contribution in [1.82, 2.24) is 30.0 Å². The number of anilines is 1. The zero-order valence-electron chi connectivity index (χ0n) is 19.7. The van der Waals surface area contributed by atoms with Crippen LogP contribution in [0.2, 0.25) is 0 Å². The van der Waals surface area contributed by atoms with Crippen LogP contribution in [0.3, 0.4) is 0 Å². The fourth-order valence-corrected chi connectivity index (χ4v) is 5.26.